The third-order valence-corrected chi connectivity index (χ3v) is 3.34. The van der Waals surface area contributed by atoms with Crippen LogP contribution in [0.4, 0.5) is 4.53 Å². The van der Waals surface area contributed by atoms with Gasteiger partial charge in [0.2, 0.25) is 0 Å². The summed E-state index contributed by atoms with van der Waals surface area (Å²) in [5, 5.41) is 9.71. The molecule has 0 atom stereocenters. The smallest absolute Gasteiger partial charge is 0.301 e. The minimum absolute atomic E-state index is 0.427. The average Bonchev–Trinajstić information content (AvgIpc) is 2.98. The highest BCUT2D eigenvalue weighted by Crippen LogP contribution is 2.25. The molecule has 0 bridgehead atoms. The van der Waals surface area contributed by atoms with Crippen LogP contribution in [0.1, 0.15) is 5.56 Å². The SMILES string of the molecule is N#C/C(=C\c1cn(-c2ccccc2)c2ncccc12)C(=O)OF. The van der Waals surface area contributed by atoms with Gasteiger partial charge in [0.15, 0.2) is 0 Å². The Morgan fingerprint density at radius 1 is 1.26 bits per heavy atom. The first-order chi connectivity index (χ1) is 11.2. The molecule has 23 heavy (non-hydrogen) atoms. The number of rotatable bonds is 3. The Morgan fingerprint density at radius 2 is 2.04 bits per heavy atom. The molecule has 0 saturated heterocycles. The molecule has 0 unspecified atom stereocenters. The molecule has 0 aliphatic carbocycles. The van der Waals surface area contributed by atoms with Crippen molar-refractivity contribution in [1.82, 2.24) is 9.55 Å². The van der Waals surface area contributed by atoms with Crippen LogP contribution in [0, 0.1) is 11.3 Å². The van der Waals surface area contributed by atoms with E-state index in [1.165, 1.54) is 6.08 Å². The van der Waals surface area contributed by atoms with E-state index >= 15 is 0 Å². The second-order valence-electron chi connectivity index (χ2n) is 4.70. The lowest BCUT2D eigenvalue weighted by Gasteiger charge is -2.03. The van der Waals surface area contributed by atoms with E-state index in [1.54, 1.807) is 24.5 Å². The van der Waals surface area contributed by atoms with Crippen molar-refractivity contribution >= 4 is 23.1 Å². The molecule has 0 radical (unpaired) electrons. The number of hydrogen-bond donors (Lipinski definition) is 0. The van der Waals surface area contributed by atoms with Crippen LogP contribution in [0.3, 0.4) is 0 Å². The minimum atomic E-state index is -1.32. The summed E-state index contributed by atoms with van der Waals surface area (Å²) in [6, 6.07) is 14.7. The van der Waals surface area contributed by atoms with Crippen LogP contribution in [-0.4, -0.2) is 15.5 Å². The quantitative estimate of drug-likeness (QED) is 0.549. The largest absolute Gasteiger partial charge is 0.390 e. The first-order valence-corrected chi connectivity index (χ1v) is 6.71. The molecule has 6 heteroatoms. The van der Waals surface area contributed by atoms with Gasteiger partial charge in [-0.25, -0.2) is 14.7 Å². The van der Waals surface area contributed by atoms with Gasteiger partial charge in [0.25, 0.3) is 0 Å². The summed E-state index contributed by atoms with van der Waals surface area (Å²) in [6.45, 7) is 0. The van der Waals surface area contributed by atoms with E-state index in [-0.39, 0.29) is 0 Å². The lowest BCUT2D eigenvalue weighted by molar-refractivity contribution is -0.177. The molecule has 0 aliphatic rings. The molecule has 3 aromatic rings. The number of para-hydroxylation sites is 1. The molecule has 0 amide bonds. The highest BCUT2D eigenvalue weighted by Gasteiger charge is 2.15. The van der Waals surface area contributed by atoms with Crippen LogP contribution < -0.4 is 0 Å². The summed E-state index contributed by atoms with van der Waals surface area (Å²) in [7, 11) is 0. The van der Waals surface area contributed by atoms with Gasteiger partial charge in [0, 0.05) is 33.6 Å². The third kappa shape index (κ3) is 2.68. The van der Waals surface area contributed by atoms with Crippen molar-refractivity contribution in [3.8, 4) is 11.8 Å². The zero-order valence-corrected chi connectivity index (χ0v) is 11.8. The number of carbonyl (C=O) groups is 1. The van der Waals surface area contributed by atoms with Crippen molar-refractivity contribution in [3.05, 3.63) is 66.0 Å². The van der Waals surface area contributed by atoms with Crippen LogP contribution >= 0.6 is 0 Å². The molecular formula is C17H10FN3O2. The number of pyridine rings is 1. The molecule has 112 valence electrons. The monoisotopic (exact) mass is 307 g/mol. The number of carbonyl (C=O) groups excluding carboxylic acids is 1. The highest BCUT2D eigenvalue weighted by molar-refractivity contribution is 6.00. The van der Waals surface area contributed by atoms with E-state index in [0.717, 1.165) is 11.1 Å². The second-order valence-corrected chi connectivity index (χ2v) is 4.70. The molecule has 1 aromatic carbocycles. The molecule has 3 rings (SSSR count). The van der Waals surface area contributed by atoms with Crippen molar-refractivity contribution in [2.45, 2.75) is 0 Å². The van der Waals surface area contributed by atoms with Crippen molar-refractivity contribution in [2.24, 2.45) is 0 Å². The normalized spacial score (nSPS) is 11.2. The Morgan fingerprint density at radius 3 is 2.74 bits per heavy atom. The summed E-state index contributed by atoms with van der Waals surface area (Å²) in [5.74, 6) is -1.32. The summed E-state index contributed by atoms with van der Waals surface area (Å²) in [6.07, 6.45) is 4.66. The summed E-state index contributed by atoms with van der Waals surface area (Å²) >= 11 is 0. The van der Waals surface area contributed by atoms with Gasteiger partial charge in [-0.05, 0) is 30.3 Å². The first-order valence-electron chi connectivity index (χ1n) is 6.71. The standard InChI is InChI=1S/C17H10FN3O2/c18-23-17(22)12(10-19)9-13-11-21(14-5-2-1-3-6-14)16-15(13)7-4-8-20-16/h1-9,11H/b12-9+. The Balaban J connectivity index is 2.22. The van der Waals surface area contributed by atoms with E-state index < -0.39 is 11.5 Å². The van der Waals surface area contributed by atoms with E-state index in [4.69, 9.17) is 5.26 Å². The van der Waals surface area contributed by atoms with Crippen LogP contribution in [0.15, 0.2) is 60.4 Å². The van der Waals surface area contributed by atoms with E-state index in [0.29, 0.717) is 11.2 Å². The fraction of sp³-hybridized carbons (Fsp3) is 0. The lowest BCUT2D eigenvalue weighted by atomic mass is 10.1. The predicted molar refractivity (Wildman–Crippen MR) is 81.9 cm³/mol. The van der Waals surface area contributed by atoms with Gasteiger partial charge in [-0.3, -0.25) is 0 Å². The molecule has 0 fully saturated rings. The summed E-state index contributed by atoms with van der Waals surface area (Å²) in [4.78, 5) is 18.7. The Labute approximate surface area is 130 Å². The maximum Gasteiger partial charge on any atom is 0.390 e. The molecule has 0 spiro atoms. The second kappa shape index (κ2) is 6.12. The number of fused-ring (bicyclic) bond motifs is 1. The summed E-state index contributed by atoms with van der Waals surface area (Å²) in [5.41, 5.74) is 1.68. The zero-order chi connectivity index (χ0) is 16.2. The van der Waals surface area contributed by atoms with Gasteiger partial charge in [-0.15, -0.1) is 0 Å². The van der Waals surface area contributed by atoms with E-state index in [9.17, 15) is 9.32 Å². The molecule has 5 nitrogen and oxygen atoms in total. The Kier molecular flexibility index (Phi) is 3.85. The summed E-state index contributed by atoms with van der Waals surface area (Å²) < 4.78 is 13.9. The first kappa shape index (κ1) is 14.5. The number of halogens is 1. The molecular weight excluding hydrogens is 297 g/mol. The fourth-order valence-corrected chi connectivity index (χ4v) is 2.32. The van der Waals surface area contributed by atoms with Crippen molar-refractivity contribution in [1.29, 1.82) is 5.26 Å². The number of aromatic nitrogens is 2. The number of hydrogen-bond acceptors (Lipinski definition) is 4. The molecule has 0 aliphatic heterocycles. The van der Waals surface area contributed by atoms with Gasteiger partial charge in [0.1, 0.15) is 17.3 Å². The number of nitriles is 1. The number of benzene rings is 1. The van der Waals surface area contributed by atoms with Crippen LogP contribution in [-0.2, 0) is 9.74 Å². The highest BCUT2D eigenvalue weighted by atomic mass is 19.3. The van der Waals surface area contributed by atoms with Gasteiger partial charge in [-0.2, -0.15) is 5.26 Å². The number of nitrogens with zero attached hydrogens (tertiary/aromatic N) is 3. The Bertz CT molecular complexity index is 939. The third-order valence-electron chi connectivity index (χ3n) is 3.34. The van der Waals surface area contributed by atoms with Crippen molar-refractivity contribution in [2.75, 3.05) is 0 Å². The zero-order valence-electron chi connectivity index (χ0n) is 11.8. The predicted octanol–water partition coefficient (Wildman–Crippen LogP) is 3.36. The van der Waals surface area contributed by atoms with Crippen LogP contribution in [0.2, 0.25) is 0 Å². The van der Waals surface area contributed by atoms with Gasteiger partial charge in [0.05, 0.1) is 0 Å². The van der Waals surface area contributed by atoms with Crippen LogP contribution in [0.5, 0.6) is 0 Å². The van der Waals surface area contributed by atoms with E-state index in [1.807, 2.05) is 41.0 Å². The molecule has 0 saturated carbocycles. The lowest BCUT2D eigenvalue weighted by Crippen LogP contribution is -1.99. The molecule has 2 aromatic heterocycles. The Hall–Kier alpha value is -3.46. The van der Waals surface area contributed by atoms with Gasteiger partial charge >= 0.3 is 5.97 Å². The maximum absolute atomic E-state index is 12.1. The van der Waals surface area contributed by atoms with Crippen LogP contribution in [0.25, 0.3) is 22.8 Å². The van der Waals surface area contributed by atoms with Gasteiger partial charge in [-0.1, -0.05) is 18.2 Å². The van der Waals surface area contributed by atoms with Crippen molar-refractivity contribution < 1.29 is 14.3 Å². The van der Waals surface area contributed by atoms with Crippen molar-refractivity contribution in [3.63, 3.8) is 0 Å². The fourth-order valence-electron chi connectivity index (χ4n) is 2.32. The maximum atomic E-state index is 12.1. The minimum Gasteiger partial charge on any atom is -0.301 e. The molecule has 2 heterocycles. The van der Waals surface area contributed by atoms with E-state index in [2.05, 4.69) is 9.93 Å². The molecule has 0 N–H and O–H groups in total. The van der Waals surface area contributed by atoms with Gasteiger partial charge < -0.3 is 4.57 Å². The average molecular weight is 307 g/mol. The topological polar surface area (TPSA) is 67.9 Å².